The Kier molecular flexibility index (Phi) is 3.23. The van der Waals surface area contributed by atoms with Gasteiger partial charge in [-0.3, -0.25) is 0 Å². The van der Waals surface area contributed by atoms with Gasteiger partial charge in [-0.1, -0.05) is 23.4 Å². The van der Waals surface area contributed by atoms with E-state index < -0.39 is 0 Å². The average Bonchev–Trinajstić information content (AvgIpc) is 2.92. The predicted molar refractivity (Wildman–Crippen MR) is 77.2 cm³/mol. The van der Waals surface area contributed by atoms with Crippen molar-refractivity contribution in [1.29, 1.82) is 0 Å². The number of nitrogens with two attached hydrogens (primary N) is 1. The van der Waals surface area contributed by atoms with E-state index in [0.717, 1.165) is 0 Å². The van der Waals surface area contributed by atoms with Gasteiger partial charge in [0.15, 0.2) is 0 Å². The standard InChI is InChI=1S/C14H9BrFN3O/c15-12-9(5-3-6-10(12)16)14-18-13(19-20-14)8-4-1-2-7-11(8)17/h1-7H,17H2. The Bertz CT molecular complexity index is 773. The Morgan fingerprint density at radius 2 is 1.80 bits per heavy atom. The summed E-state index contributed by atoms with van der Waals surface area (Å²) in [7, 11) is 0. The number of para-hydroxylation sites is 1. The Hall–Kier alpha value is -2.21. The highest BCUT2D eigenvalue weighted by molar-refractivity contribution is 9.10. The van der Waals surface area contributed by atoms with Gasteiger partial charge in [0, 0.05) is 11.3 Å². The van der Waals surface area contributed by atoms with Crippen LogP contribution in [0.25, 0.3) is 22.8 Å². The number of rotatable bonds is 2. The smallest absolute Gasteiger partial charge is 0.259 e. The topological polar surface area (TPSA) is 64.9 Å². The number of benzene rings is 2. The van der Waals surface area contributed by atoms with Crippen LogP contribution < -0.4 is 5.73 Å². The molecule has 100 valence electrons. The van der Waals surface area contributed by atoms with E-state index in [2.05, 4.69) is 26.1 Å². The lowest BCUT2D eigenvalue weighted by Crippen LogP contribution is -1.90. The minimum atomic E-state index is -0.388. The maximum Gasteiger partial charge on any atom is 0.259 e. The zero-order valence-corrected chi connectivity index (χ0v) is 11.8. The van der Waals surface area contributed by atoms with Gasteiger partial charge in [0.2, 0.25) is 5.82 Å². The zero-order valence-electron chi connectivity index (χ0n) is 10.2. The first-order chi connectivity index (χ1) is 9.66. The largest absolute Gasteiger partial charge is 0.398 e. The van der Waals surface area contributed by atoms with Crippen molar-refractivity contribution in [1.82, 2.24) is 10.1 Å². The second-order valence-corrected chi connectivity index (χ2v) is 4.90. The Morgan fingerprint density at radius 3 is 2.60 bits per heavy atom. The van der Waals surface area contributed by atoms with Crippen molar-refractivity contribution in [3.63, 3.8) is 0 Å². The number of halogens is 2. The summed E-state index contributed by atoms with van der Waals surface area (Å²) in [5.41, 5.74) is 7.59. The second kappa shape index (κ2) is 5.05. The van der Waals surface area contributed by atoms with Gasteiger partial charge in [0.05, 0.1) is 10.0 Å². The molecule has 0 aliphatic heterocycles. The van der Waals surface area contributed by atoms with Crippen LogP contribution in [0.2, 0.25) is 0 Å². The van der Waals surface area contributed by atoms with E-state index in [0.29, 0.717) is 22.6 Å². The summed E-state index contributed by atoms with van der Waals surface area (Å²) >= 11 is 3.17. The van der Waals surface area contributed by atoms with Gasteiger partial charge in [0.25, 0.3) is 5.89 Å². The highest BCUT2D eigenvalue weighted by atomic mass is 79.9. The molecule has 3 rings (SSSR count). The van der Waals surface area contributed by atoms with Gasteiger partial charge in [-0.15, -0.1) is 0 Å². The highest BCUT2D eigenvalue weighted by Crippen LogP contribution is 2.31. The van der Waals surface area contributed by atoms with Gasteiger partial charge in [-0.2, -0.15) is 4.98 Å². The van der Waals surface area contributed by atoms with Crippen LogP contribution in [-0.4, -0.2) is 10.1 Å². The normalized spacial score (nSPS) is 10.7. The molecule has 3 aromatic rings. The fourth-order valence-corrected chi connectivity index (χ4v) is 2.25. The SMILES string of the molecule is Nc1ccccc1-c1noc(-c2cccc(F)c2Br)n1. The van der Waals surface area contributed by atoms with E-state index in [9.17, 15) is 4.39 Å². The molecule has 0 fully saturated rings. The number of aromatic nitrogens is 2. The molecule has 4 nitrogen and oxygen atoms in total. The summed E-state index contributed by atoms with van der Waals surface area (Å²) in [6.45, 7) is 0. The van der Waals surface area contributed by atoms with Crippen molar-refractivity contribution in [2.24, 2.45) is 0 Å². The molecular formula is C14H9BrFN3O. The lowest BCUT2D eigenvalue weighted by Gasteiger charge is -1.99. The number of hydrogen-bond acceptors (Lipinski definition) is 4. The molecule has 0 aliphatic carbocycles. The molecule has 0 aliphatic rings. The summed E-state index contributed by atoms with van der Waals surface area (Å²) in [5, 5.41) is 3.89. The van der Waals surface area contributed by atoms with Crippen LogP contribution in [0.1, 0.15) is 0 Å². The molecule has 2 N–H and O–H groups in total. The molecule has 0 bridgehead atoms. The van der Waals surface area contributed by atoms with Gasteiger partial charge in [0.1, 0.15) is 5.82 Å². The van der Waals surface area contributed by atoms with E-state index >= 15 is 0 Å². The van der Waals surface area contributed by atoms with Crippen molar-refractivity contribution < 1.29 is 8.91 Å². The summed E-state index contributed by atoms with van der Waals surface area (Å²) in [4.78, 5) is 4.26. The number of anilines is 1. The van der Waals surface area contributed by atoms with Crippen LogP contribution >= 0.6 is 15.9 Å². The summed E-state index contributed by atoms with van der Waals surface area (Å²) < 4.78 is 19.0. The van der Waals surface area contributed by atoms with Crippen LogP contribution in [0.15, 0.2) is 51.5 Å². The summed E-state index contributed by atoms with van der Waals surface area (Å²) in [6, 6.07) is 11.8. The summed E-state index contributed by atoms with van der Waals surface area (Å²) in [5.74, 6) is 0.213. The van der Waals surface area contributed by atoms with Crippen LogP contribution in [0, 0.1) is 5.82 Å². The van der Waals surface area contributed by atoms with Crippen molar-refractivity contribution in [3.05, 3.63) is 52.8 Å². The fourth-order valence-electron chi connectivity index (χ4n) is 1.81. The third-order valence-electron chi connectivity index (χ3n) is 2.81. The van der Waals surface area contributed by atoms with Gasteiger partial charge < -0.3 is 10.3 Å². The lowest BCUT2D eigenvalue weighted by molar-refractivity contribution is 0.431. The fraction of sp³-hybridized carbons (Fsp3) is 0. The van der Waals surface area contributed by atoms with Crippen LogP contribution in [0.4, 0.5) is 10.1 Å². The van der Waals surface area contributed by atoms with E-state index in [4.69, 9.17) is 10.3 Å². The van der Waals surface area contributed by atoms with E-state index in [1.54, 1.807) is 24.3 Å². The van der Waals surface area contributed by atoms with E-state index in [1.165, 1.54) is 6.07 Å². The molecule has 0 saturated carbocycles. The molecule has 0 saturated heterocycles. The minimum absolute atomic E-state index is 0.231. The van der Waals surface area contributed by atoms with Crippen molar-refractivity contribution >= 4 is 21.6 Å². The monoisotopic (exact) mass is 333 g/mol. The molecule has 2 aromatic carbocycles. The number of nitrogens with zero attached hydrogens (tertiary/aromatic N) is 2. The van der Waals surface area contributed by atoms with Crippen LogP contribution in [0.5, 0.6) is 0 Å². The number of hydrogen-bond donors (Lipinski definition) is 1. The third-order valence-corrected chi connectivity index (χ3v) is 3.62. The van der Waals surface area contributed by atoms with Crippen molar-refractivity contribution in [2.75, 3.05) is 5.73 Å². The first kappa shape index (κ1) is 12.8. The first-order valence-electron chi connectivity index (χ1n) is 5.80. The summed E-state index contributed by atoms with van der Waals surface area (Å²) in [6.07, 6.45) is 0. The molecule has 0 atom stereocenters. The maximum atomic E-state index is 13.5. The Labute approximate surface area is 122 Å². The minimum Gasteiger partial charge on any atom is -0.398 e. The molecule has 6 heteroatoms. The zero-order chi connectivity index (χ0) is 14.1. The lowest BCUT2D eigenvalue weighted by atomic mass is 10.1. The van der Waals surface area contributed by atoms with E-state index in [-0.39, 0.29) is 16.2 Å². The molecule has 0 unspecified atom stereocenters. The Morgan fingerprint density at radius 1 is 1.05 bits per heavy atom. The highest BCUT2D eigenvalue weighted by Gasteiger charge is 2.16. The predicted octanol–water partition coefficient (Wildman–Crippen LogP) is 3.89. The first-order valence-corrected chi connectivity index (χ1v) is 6.59. The quantitative estimate of drug-likeness (QED) is 0.722. The average molecular weight is 334 g/mol. The van der Waals surface area contributed by atoms with Crippen molar-refractivity contribution in [2.45, 2.75) is 0 Å². The van der Waals surface area contributed by atoms with Crippen LogP contribution in [-0.2, 0) is 0 Å². The third kappa shape index (κ3) is 2.18. The molecule has 0 amide bonds. The Balaban J connectivity index is 2.07. The molecule has 1 heterocycles. The van der Waals surface area contributed by atoms with E-state index in [1.807, 2.05) is 12.1 Å². The molecular weight excluding hydrogens is 325 g/mol. The second-order valence-electron chi connectivity index (χ2n) is 4.11. The molecule has 1 aromatic heterocycles. The van der Waals surface area contributed by atoms with Crippen molar-refractivity contribution in [3.8, 4) is 22.8 Å². The molecule has 0 radical (unpaired) electrons. The molecule has 20 heavy (non-hydrogen) atoms. The van der Waals surface area contributed by atoms with Gasteiger partial charge in [-0.05, 0) is 40.2 Å². The number of nitrogen functional groups attached to an aromatic ring is 1. The van der Waals surface area contributed by atoms with Crippen LogP contribution in [0.3, 0.4) is 0 Å². The maximum absolute atomic E-state index is 13.5. The van der Waals surface area contributed by atoms with Gasteiger partial charge in [-0.25, -0.2) is 4.39 Å². The molecule has 0 spiro atoms. The van der Waals surface area contributed by atoms with Gasteiger partial charge >= 0.3 is 0 Å².